The van der Waals surface area contributed by atoms with Gasteiger partial charge in [-0.05, 0) is 0 Å². The van der Waals surface area contributed by atoms with Crippen LogP contribution in [0.15, 0.2) is 21.8 Å². The Morgan fingerprint density at radius 3 is 2.79 bits per heavy atom. The molecule has 6 heterocycles. The average molecular weight is 576 g/mol. The molecule has 0 bridgehead atoms. The van der Waals surface area contributed by atoms with E-state index in [1.54, 1.807) is 5.38 Å². The summed E-state index contributed by atoms with van der Waals surface area (Å²) in [7, 11) is 0. The number of carboxylic acid groups (broad SMARTS) is 1. The Hall–Kier alpha value is -3.57. The van der Waals surface area contributed by atoms with E-state index in [4.69, 9.17) is 10.6 Å². The molecule has 0 aliphatic carbocycles. The number of thiazole rings is 1. The van der Waals surface area contributed by atoms with Gasteiger partial charge >= 0.3 is 5.97 Å². The first-order valence-corrected chi connectivity index (χ1v) is 14.5. The number of aromatic nitrogens is 5. The monoisotopic (exact) mass is 575 g/mol. The van der Waals surface area contributed by atoms with Crippen molar-refractivity contribution in [1.29, 1.82) is 0 Å². The number of hydrogen-bond acceptors (Lipinski definition) is 12. The number of H-pyrrole nitrogens is 1. The predicted molar refractivity (Wildman–Crippen MR) is 139 cm³/mol. The van der Waals surface area contributed by atoms with Gasteiger partial charge in [-0.15, -0.1) is 33.3 Å². The second-order valence-electron chi connectivity index (χ2n) is 9.99. The molecule has 0 aromatic carbocycles. The van der Waals surface area contributed by atoms with Crippen molar-refractivity contribution in [3.63, 3.8) is 0 Å². The Kier molecular flexibility index (Phi) is 6.72. The molecule has 2 aromatic rings. The van der Waals surface area contributed by atoms with Gasteiger partial charge in [-0.1, -0.05) is 10.4 Å². The van der Waals surface area contributed by atoms with Crippen LogP contribution >= 0.6 is 23.1 Å². The van der Waals surface area contributed by atoms with Crippen molar-refractivity contribution in [2.45, 2.75) is 49.7 Å². The normalized spacial score (nSPS) is 28.2. The van der Waals surface area contributed by atoms with Gasteiger partial charge in [0.25, 0.3) is 11.8 Å². The molecule has 0 saturated carbocycles. The summed E-state index contributed by atoms with van der Waals surface area (Å²) in [4.78, 5) is 49.5. The predicted octanol–water partition coefficient (Wildman–Crippen LogP) is -0.329. The standard InChI is InChI=1S/C22H26N10O5S2/c23-22-24-13(10-39-22)15(28-37-8-14-26-29-30-27-14)18(33)25-16-19(34)31-17(21(35)36)11(9-38-20(16)31)7-32-5-1-3-12(32)4-2-6-32/h10,12,16,20H,1-9H2,(H4-,23,24,25,26,27,29,30,33,35,36)/p+1/b28-15-/t12?,16-,20-,32?/m1/s1. The van der Waals surface area contributed by atoms with Crippen LogP contribution in [0.1, 0.15) is 37.2 Å². The van der Waals surface area contributed by atoms with E-state index in [1.165, 1.54) is 29.5 Å². The minimum absolute atomic E-state index is 0.0592. The molecular formula is C22H27N10O5S2+. The number of β-lactam (4-membered cyclic amide) rings is 1. The number of nitrogen functional groups attached to an aromatic ring is 1. The number of oxime groups is 1. The van der Waals surface area contributed by atoms with Gasteiger partial charge in [0.2, 0.25) is 5.82 Å². The van der Waals surface area contributed by atoms with E-state index in [9.17, 15) is 19.5 Å². The van der Waals surface area contributed by atoms with E-state index in [2.05, 4.69) is 36.1 Å². The largest absolute Gasteiger partial charge is 0.477 e. The minimum atomic E-state index is -1.11. The Labute approximate surface area is 230 Å². The number of aliphatic carboxylic acids is 1. The molecule has 2 atom stereocenters. The first-order chi connectivity index (χ1) is 18.9. The van der Waals surface area contributed by atoms with Crippen molar-refractivity contribution in [3.8, 4) is 0 Å². The Morgan fingerprint density at radius 1 is 1.33 bits per heavy atom. The van der Waals surface area contributed by atoms with Crippen LogP contribution < -0.4 is 11.1 Å². The first-order valence-electron chi connectivity index (χ1n) is 12.6. The molecule has 2 aromatic heterocycles. The third kappa shape index (κ3) is 4.63. The van der Waals surface area contributed by atoms with Gasteiger partial charge in [0.1, 0.15) is 29.4 Å². The number of carboxylic acids is 1. The summed E-state index contributed by atoms with van der Waals surface area (Å²) in [6, 6.07) is -0.343. The molecule has 0 radical (unpaired) electrons. The van der Waals surface area contributed by atoms with Crippen LogP contribution in [0.25, 0.3) is 0 Å². The van der Waals surface area contributed by atoms with E-state index in [0.29, 0.717) is 18.3 Å². The zero-order valence-electron chi connectivity index (χ0n) is 20.8. The molecule has 15 nitrogen and oxygen atoms in total. The number of hydrogen-bond donors (Lipinski definition) is 4. The smallest absolute Gasteiger partial charge is 0.352 e. The zero-order valence-corrected chi connectivity index (χ0v) is 22.4. The third-order valence-corrected chi connectivity index (χ3v) is 9.83. The Bertz CT molecular complexity index is 1350. The molecule has 17 heteroatoms. The maximum atomic E-state index is 13.3. The molecular weight excluding hydrogens is 548 g/mol. The number of nitrogens with one attached hydrogen (secondary N) is 2. The third-order valence-electron chi connectivity index (χ3n) is 7.82. The number of quaternary nitrogens is 1. The number of aromatic amines is 1. The van der Waals surface area contributed by atoms with E-state index < -0.39 is 29.2 Å². The topological polar surface area (TPSA) is 202 Å². The lowest BCUT2D eigenvalue weighted by Crippen LogP contribution is -2.71. The van der Waals surface area contributed by atoms with E-state index >= 15 is 0 Å². The highest BCUT2D eigenvalue weighted by atomic mass is 32.2. The molecule has 4 aliphatic rings. The second-order valence-corrected chi connectivity index (χ2v) is 12.0. The fourth-order valence-electron chi connectivity index (χ4n) is 6.13. The average Bonchev–Trinajstić information content (AvgIpc) is 3.70. The van der Waals surface area contributed by atoms with E-state index in [1.807, 2.05) is 0 Å². The maximum absolute atomic E-state index is 13.3. The number of fused-ring (bicyclic) bond motifs is 2. The van der Waals surface area contributed by atoms with Gasteiger partial charge in [-0.3, -0.25) is 14.5 Å². The fraction of sp³-hybridized carbons (Fsp3) is 0.545. The SMILES string of the molecule is Nc1nc(/C(=N/OCc2nn[nH]n2)C(=O)N[C@@H]2C(=O)N3C(C(=O)O)=C(C[N+]45CCCC4CCC5)CS[C@H]23)cs1. The van der Waals surface area contributed by atoms with E-state index in [0.717, 1.165) is 47.3 Å². The van der Waals surface area contributed by atoms with Gasteiger partial charge in [-0.25, -0.2) is 9.78 Å². The minimum Gasteiger partial charge on any atom is -0.477 e. The number of thioether (sulfide) groups is 1. The summed E-state index contributed by atoms with van der Waals surface area (Å²) in [6.07, 6.45) is 4.66. The van der Waals surface area contributed by atoms with Crippen LogP contribution in [0.4, 0.5) is 5.13 Å². The zero-order chi connectivity index (χ0) is 27.1. The summed E-state index contributed by atoms with van der Waals surface area (Å²) in [5.41, 5.74) is 6.59. The van der Waals surface area contributed by atoms with Crippen LogP contribution in [0.2, 0.25) is 0 Å². The van der Waals surface area contributed by atoms with Crippen molar-refractivity contribution in [2.24, 2.45) is 5.16 Å². The van der Waals surface area contributed by atoms with Crippen molar-refractivity contribution in [2.75, 3.05) is 31.1 Å². The number of nitrogens with two attached hydrogens (primary N) is 1. The lowest BCUT2D eigenvalue weighted by atomic mass is 10.0. The molecule has 5 N–H and O–H groups in total. The Balaban J connectivity index is 1.19. The van der Waals surface area contributed by atoms with Gasteiger partial charge < -0.3 is 25.5 Å². The second kappa shape index (κ2) is 10.2. The first kappa shape index (κ1) is 25.7. The Morgan fingerprint density at radius 2 is 2.13 bits per heavy atom. The number of nitrogens with zero attached hydrogens (tertiary/aromatic N) is 7. The van der Waals surface area contributed by atoms with Gasteiger partial charge in [-0.2, -0.15) is 5.21 Å². The molecule has 0 spiro atoms. The summed E-state index contributed by atoms with van der Waals surface area (Å²) < 4.78 is 0.931. The number of anilines is 1. The molecule has 4 aliphatic heterocycles. The number of amides is 2. The maximum Gasteiger partial charge on any atom is 0.352 e. The lowest BCUT2D eigenvalue weighted by Gasteiger charge is -2.50. The number of rotatable bonds is 9. The van der Waals surface area contributed by atoms with Crippen LogP contribution in [0.5, 0.6) is 0 Å². The van der Waals surface area contributed by atoms with Gasteiger partial charge in [0.15, 0.2) is 17.5 Å². The lowest BCUT2D eigenvalue weighted by molar-refractivity contribution is -0.922. The number of carbonyl (C=O) groups is 3. The highest BCUT2D eigenvalue weighted by Crippen LogP contribution is 2.43. The molecule has 6 rings (SSSR count). The van der Waals surface area contributed by atoms with E-state index in [-0.39, 0.29) is 34.7 Å². The quantitative estimate of drug-likeness (QED) is 0.132. The summed E-state index contributed by atoms with van der Waals surface area (Å²) >= 11 is 2.59. The molecule has 2 amide bonds. The van der Waals surface area contributed by atoms with Crippen LogP contribution in [0.3, 0.4) is 0 Å². The van der Waals surface area contributed by atoms with Crippen molar-refractivity contribution >= 4 is 51.7 Å². The van der Waals surface area contributed by atoms with Crippen LogP contribution in [0, 0.1) is 0 Å². The summed E-state index contributed by atoms with van der Waals surface area (Å²) in [6.45, 7) is 2.62. The fourth-order valence-corrected chi connectivity index (χ4v) is 8.02. The molecule has 0 unspecified atom stereocenters. The van der Waals surface area contributed by atoms with Gasteiger partial charge in [0, 0.05) is 42.4 Å². The highest BCUT2D eigenvalue weighted by Gasteiger charge is 2.56. The van der Waals surface area contributed by atoms with Crippen LogP contribution in [-0.4, -0.2) is 106 Å². The molecule has 39 heavy (non-hydrogen) atoms. The van der Waals surface area contributed by atoms with Crippen molar-refractivity contribution < 1.29 is 28.8 Å². The molecule has 206 valence electrons. The number of tetrazole rings is 1. The van der Waals surface area contributed by atoms with Crippen molar-refractivity contribution in [1.82, 2.24) is 35.8 Å². The highest BCUT2D eigenvalue weighted by molar-refractivity contribution is 8.00. The van der Waals surface area contributed by atoms with Crippen LogP contribution in [-0.2, 0) is 25.8 Å². The molecule has 3 saturated heterocycles. The molecule has 3 fully saturated rings. The summed E-state index contributed by atoms with van der Waals surface area (Å²) in [5, 5.41) is 31.2. The number of carbonyl (C=O) groups excluding carboxylic acids is 2. The van der Waals surface area contributed by atoms with Gasteiger partial charge in [0.05, 0.1) is 19.1 Å². The van der Waals surface area contributed by atoms with Crippen molar-refractivity contribution in [3.05, 3.63) is 28.2 Å². The summed E-state index contributed by atoms with van der Waals surface area (Å²) in [5.74, 6) is -1.57.